The van der Waals surface area contributed by atoms with Crippen LogP contribution in [0, 0.1) is 29.5 Å². The molecule has 13 heteroatoms. The lowest BCUT2D eigenvalue weighted by Gasteiger charge is -2.28. The van der Waals surface area contributed by atoms with Gasteiger partial charge in [-0.15, -0.1) is 0 Å². The fourth-order valence-corrected chi connectivity index (χ4v) is 6.05. The van der Waals surface area contributed by atoms with E-state index < -0.39 is 53.6 Å². The summed E-state index contributed by atoms with van der Waals surface area (Å²) in [7, 11) is 0. The van der Waals surface area contributed by atoms with Gasteiger partial charge in [-0.05, 0) is 87.5 Å². The largest absolute Gasteiger partial charge is 0.408 e. The normalized spacial score (nSPS) is 20.9. The molecular formula is C30H37F4N5O4. The maximum atomic E-state index is 15.3. The molecule has 1 aliphatic heterocycles. The highest BCUT2D eigenvalue weighted by atomic mass is 19.4. The molecule has 234 valence electrons. The summed E-state index contributed by atoms with van der Waals surface area (Å²) in [5.74, 6) is -4.20. The van der Waals surface area contributed by atoms with E-state index in [0.717, 1.165) is 31.7 Å². The first-order valence-corrected chi connectivity index (χ1v) is 14.9. The van der Waals surface area contributed by atoms with Crippen LogP contribution in [0.2, 0.25) is 0 Å². The Balaban J connectivity index is 1.29. The number of amides is 3. The maximum absolute atomic E-state index is 15.3. The summed E-state index contributed by atoms with van der Waals surface area (Å²) < 4.78 is 62.9. The molecule has 0 spiro atoms. The number of ether oxygens (including phenoxy) is 1. The van der Waals surface area contributed by atoms with Gasteiger partial charge in [0.05, 0.1) is 18.2 Å². The quantitative estimate of drug-likeness (QED) is 0.310. The number of aromatic nitrogens is 2. The molecular weight excluding hydrogens is 570 g/mol. The van der Waals surface area contributed by atoms with E-state index in [2.05, 4.69) is 21.0 Å². The first-order chi connectivity index (χ1) is 20.5. The number of carbonyl (C=O) groups is 3. The third-order valence-electron chi connectivity index (χ3n) is 8.77. The summed E-state index contributed by atoms with van der Waals surface area (Å²) in [6.07, 6.45) is 0.859. The lowest BCUT2D eigenvalue weighted by Crippen LogP contribution is -2.51. The highest BCUT2D eigenvalue weighted by Crippen LogP contribution is 2.51. The van der Waals surface area contributed by atoms with Crippen molar-refractivity contribution >= 4 is 23.4 Å². The summed E-state index contributed by atoms with van der Waals surface area (Å²) >= 11 is 0. The predicted molar refractivity (Wildman–Crippen MR) is 148 cm³/mol. The molecule has 3 aliphatic rings. The molecule has 2 aliphatic carbocycles. The van der Waals surface area contributed by atoms with E-state index in [9.17, 15) is 27.6 Å². The fraction of sp³-hybridized carbons (Fsp3) is 0.600. The third-order valence-corrected chi connectivity index (χ3v) is 8.77. The van der Waals surface area contributed by atoms with Crippen LogP contribution in [-0.2, 0) is 20.9 Å². The van der Waals surface area contributed by atoms with Crippen LogP contribution in [0.15, 0.2) is 30.5 Å². The summed E-state index contributed by atoms with van der Waals surface area (Å²) in [5, 5.41) is 11.7. The van der Waals surface area contributed by atoms with Gasteiger partial charge in [-0.3, -0.25) is 19.1 Å². The third kappa shape index (κ3) is 7.19. The number of anilines is 1. The molecule has 0 bridgehead atoms. The molecule has 1 saturated heterocycles. The van der Waals surface area contributed by atoms with Crippen LogP contribution < -0.4 is 16.0 Å². The van der Waals surface area contributed by atoms with Crippen molar-refractivity contribution in [1.29, 1.82) is 0 Å². The van der Waals surface area contributed by atoms with Crippen molar-refractivity contribution in [2.75, 3.05) is 18.5 Å². The van der Waals surface area contributed by atoms with E-state index in [4.69, 9.17) is 4.74 Å². The van der Waals surface area contributed by atoms with Crippen molar-refractivity contribution in [2.45, 2.75) is 76.7 Å². The Kier molecular flexibility index (Phi) is 9.10. The second-order valence-electron chi connectivity index (χ2n) is 11.8. The number of hydrogen-bond donors (Lipinski definition) is 3. The Morgan fingerprint density at radius 2 is 1.72 bits per heavy atom. The minimum Gasteiger partial charge on any atom is -0.381 e. The first-order valence-electron chi connectivity index (χ1n) is 14.9. The molecule has 4 atom stereocenters. The number of hydrogen-bond acceptors (Lipinski definition) is 5. The van der Waals surface area contributed by atoms with Gasteiger partial charge in [0.2, 0.25) is 11.8 Å². The number of alkyl halides is 3. The van der Waals surface area contributed by atoms with E-state index in [0.29, 0.717) is 24.1 Å². The number of aryl methyl sites for hydroxylation is 1. The van der Waals surface area contributed by atoms with E-state index >= 15 is 4.39 Å². The van der Waals surface area contributed by atoms with Crippen molar-refractivity contribution < 1.29 is 36.7 Å². The van der Waals surface area contributed by atoms with Gasteiger partial charge in [0.15, 0.2) is 0 Å². The van der Waals surface area contributed by atoms with Gasteiger partial charge in [-0.1, -0.05) is 6.07 Å². The predicted octanol–water partition coefficient (Wildman–Crippen LogP) is 4.40. The molecule has 9 nitrogen and oxygen atoms in total. The fourth-order valence-electron chi connectivity index (χ4n) is 6.05. The Morgan fingerprint density at radius 1 is 1.02 bits per heavy atom. The van der Waals surface area contributed by atoms with Gasteiger partial charge >= 0.3 is 6.18 Å². The van der Waals surface area contributed by atoms with Crippen molar-refractivity contribution in [3.63, 3.8) is 0 Å². The number of nitrogens with zero attached hydrogens (tertiary/aromatic N) is 2. The minimum atomic E-state index is -4.66. The number of nitrogens with one attached hydrogen (secondary N) is 3. The smallest absolute Gasteiger partial charge is 0.381 e. The van der Waals surface area contributed by atoms with Crippen LogP contribution in [0.1, 0.15) is 67.9 Å². The highest BCUT2D eigenvalue weighted by Gasteiger charge is 2.49. The molecule has 1 aromatic heterocycles. The molecule has 5 rings (SSSR count). The summed E-state index contributed by atoms with van der Waals surface area (Å²) in [6, 6.07) is 2.33. The number of halogens is 4. The average Bonchev–Trinajstić information content (AvgIpc) is 3.88. The Labute approximate surface area is 247 Å². The Hall–Kier alpha value is -3.48. The molecule has 2 saturated carbocycles. The zero-order valence-electron chi connectivity index (χ0n) is 24.1. The van der Waals surface area contributed by atoms with Crippen LogP contribution >= 0.6 is 0 Å². The number of rotatable bonds is 12. The topological polar surface area (TPSA) is 114 Å². The molecule has 2 heterocycles. The van der Waals surface area contributed by atoms with Crippen LogP contribution in [-0.4, -0.2) is 59.0 Å². The van der Waals surface area contributed by atoms with Crippen LogP contribution in [0.3, 0.4) is 0 Å². The van der Waals surface area contributed by atoms with E-state index in [1.54, 1.807) is 6.07 Å². The first kappa shape index (κ1) is 31.0. The Bertz CT molecular complexity index is 1320. The van der Waals surface area contributed by atoms with Crippen molar-refractivity contribution in [1.82, 2.24) is 20.4 Å². The van der Waals surface area contributed by atoms with Crippen LogP contribution in [0.4, 0.5) is 23.2 Å². The van der Waals surface area contributed by atoms with Gasteiger partial charge < -0.3 is 20.7 Å². The zero-order chi connectivity index (χ0) is 30.9. The number of carbonyl (C=O) groups excluding carboxylic acids is 3. The van der Waals surface area contributed by atoms with Crippen LogP contribution in [0.25, 0.3) is 0 Å². The van der Waals surface area contributed by atoms with Crippen molar-refractivity contribution in [3.05, 3.63) is 47.5 Å². The van der Waals surface area contributed by atoms with Gasteiger partial charge in [0, 0.05) is 25.3 Å². The SMILES string of the molecule is CCn1nccc1C(=O)N[C@H](C(=O)Nc1ccc([C@H](C)C(=O)NC(C2CCOC2)C(F)(F)F)cc1F)C(C1CC1)C1CC1. The van der Waals surface area contributed by atoms with Gasteiger partial charge in [0.25, 0.3) is 5.91 Å². The van der Waals surface area contributed by atoms with Gasteiger partial charge in [0.1, 0.15) is 23.6 Å². The summed E-state index contributed by atoms with van der Waals surface area (Å²) in [6.45, 7) is 3.80. The van der Waals surface area contributed by atoms with Crippen molar-refractivity contribution in [2.24, 2.45) is 23.7 Å². The summed E-state index contributed by atoms with van der Waals surface area (Å²) in [4.78, 5) is 39.6. The molecule has 2 unspecified atom stereocenters. The Morgan fingerprint density at radius 3 is 2.28 bits per heavy atom. The second-order valence-corrected chi connectivity index (χ2v) is 11.8. The molecule has 2 aromatic rings. The minimum absolute atomic E-state index is 0.0835. The molecule has 1 aromatic carbocycles. The van der Waals surface area contributed by atoms with E-state index in [1.807, 2.05) is 6.92 Å². The standard InChI is InChI=1S/C30H37F4N5O4/c1-3-39-23(10-12-35-39)28(41)37-25(24(17-4-5-17)18-6-7-18)29(42)36-22-9-8-19(14-21(22)31)16(2)27(40)38-26(30(32,33)34)20-11-13-43-15-20/h8-10,12,14,16-18,20,24-26H,3-7,11,13,15H2,1-2H3,(H,36,42)(H,37,41)(H,38,40)/t16-,20?,25-,26?/m0/s1. The highest BCUT2D eigenvalue weighted by molar-refractivity contribution is 6.01. The molecule has 43 heavy (non-hydrogen) atoms. The second kappa shape index (κ2) is 12.6. The van der Waals surface area contributed by atoms with E-state index in [1.165, 1.54) is 29.9 Å². The number of benzene rings is 1. The lowest BCUT2D eigenvalue weighted by molar-refractivity contribution is -0.172. The van der Waals surface area contributed by atoms with Crippen molar-refractivity contribution in [3.8, 4) is 0 Å². The molecule has 3 fully saturated rings. The molecule has 3 amide bonds. The average molecular weight is 608 g/mol. The molecule has 3 N–H and O–H groups in total. The van der Waals surface area contributed by atoms with Crippen LogP contribution in [0.5, 0.6) is 0 Å². The lowest BCUT2D eigenvalue weighted by atomic mass is 9.88. The van der Waals surface area contributed by atoms with Gasteiger partial charge in [-0.25, -0.2) is 4.39 Å². The van der Waals surface area contributed by atoms with Gasteiger partial charge in [-0.2, -0.15) is 18.3 Å². The maximum Gasteiger partial charge on any atom is 0.408 e. The summed E-state index contributed by atoms with van der Waals surface area (Å²) in [5.41, 5.74) is 0.325. The zero-order valence-corrected chi connectivity index (χ0v) is 24.1. The van der Waals surface area contributed by atoms with E-state index in [-0.39, 0.29) is 36.8 Å². The monoisotopic (exact) mass is 607 g/mol. The molecule has 0 radical (unpaired) electrons.